The van der Waals surface area contributed by atoms with Crippen LogP contribution in [-0.4, -0.2) is 23.4 Å². The fourth-order valence-corrected chi connectivity index (χ4v) is 0.735. The Bertz CT molecular complexity index is 128. The molecule has 0 saturated heterocycles. The van der Waals surface area contributed by atoms with Crippen LogP contribution >= 0.6 is 0 Å². The zero-order valence-corrected chi connectivity index (χ0v) is 9.45. The lowest BCUT2D eigenvalue weighted by Crippen LogP contribution is -1.77. The average molecular weight is 200 g/mol. The van der Waals surface area contributed by atoms with E-state index < -0.39 is 0 Å². The summed E-state index contributed by atoms with van der Waals surface area (Å²) in [5.41, 5.74) is 0. The van der Waals surface area contributed by atoms with Gasteiger partial charge in [-0.25, -0.2) is 0 Å². The molecule has 0 aliphatic heterocycles. The van der Waals surface area contributed by atoms with Gasteiger partial charge in [0, 0.05) is 13.2 Å². The third-order valence-corrected chi connectivity index (χ3v) is 1.46. The molecule has 2 heteroatoms. The van der Waals surface area contributed by atoms with Gasteiger partial charge in [0.25, 0.3) is 0 Å². The van der Waals surface area contributed by atoms with Crippen LogP contribution in [0, 0.1) is 0 Å². The van der Waals surface area contributed by atoms with Crippen LogP contribution in [0.1, 0.15) is 39.5 Å². The van der Waals surface area contributed by atoms with Crippen LogP contribution in [-0.2, 0) is 0 Å². The van der Waals surface area contributed by atoms with Crippen LogP contribution in [0.4, 0.5) is 0 Å². The van der Waals surface area contributed by atoms with Crippen LogP contribution in [0.15, 0.2) is 24.3 Å². The molecule has 0 spiro atoms. The number of hydrogen-bond donors (Lipinski definition) is 2. The minimum Gasteiger partial charge on any atom is -0.396 e. The van der Waals surface area contributed by atoms with E-state index in [1.165, 1.54) is 0 Å². The summed E-state index contributed by atoms with van der Waals surface area (Å²) in [6.07, 6.45) is 11.9. The SMILES string of the molecule is C/C=C\CCCO.CC/C=C\CCO. The van der Waals surface area contributed by atoms with Crippen LogP contribution < -0.4 is 0 Å². The van der Waals surface area contributed by atoms with E-state index in [2.05, 4.69) is 19.1 Å². The molecule has 0 unspecified atom stereocenters. The minimum absolute atomic E-state index is 0.274. The van der Waals surface area contributed by atoms with E-state index in [1.807, 2.05) is 19.1 Å². The number of allylic oxidation sites excluding steroid dienone is 3. The van der Waals surface area contributed by atoms with E-state index in [4.69, 9.17) is 10.2 Å². The molecule has 0 aromatic carbocycles. The van der Waals surface area contributed by atoms with Gasteiger partial charge in [-0.1, -0.05) is 31.2 Å². The van der Waals surface area contributed by atoms with Gasteiger partial charge in [-0.2, -0.15) is 0 Å². The summed E-state index contributed by atoms with van der Waals surface area (Å²) in [6.45, 7) is 4.64. The molecular weight excluding hydrogens is 176 g/mol. The van der Waals surface area contributed by atoms with Crippen LogP contribution in [0.2, 0.25) is 0 Å². The number of aliphatic hydroxyl groups excluding tert-OH is 2. The highest BCUT2D eigenvalue weighted by molar-refractivity contribution is 4.79. The van der Waals surface area contributed by atoms with E-state index in [-0.39, 0.29) is 6.61 Å². The lowest BCUT2D eigenvalue weighted by Gasteiger charge is -1.83. The minimum atomic E-state index is 0.274. The monoisotopic (exact) mass is 200 g/mol. The van der Waals surface area contributed by atoms with Crippen molar-refractivity contribution in [3.8, 4) is 0 Å². The summed E-state index contributed by atoms with van der Waals surface area (Å²) in [5, 5.41) is 16.5. The first-order valence-electron chi connectivity index (χ1n) is 5.31. The lowest BCUT2D eigenvalue weighted by molar-refractivity contribution is 0.289. The molecule has 0 bridgehead atoms. The summed E-state index contributed by atoms with van der Waals surface area (Å²) in [6, 6.07) is 0. The summed E-state index contributed by atoms with van der Waals surface area (Å²) in [7, 11) is 0. The smallest absolute Gasteiger partial charge is 0.0465 e. The molecule has 0 heterocycles. The van der Waals surface area contributed by atoms with Crippen molar-refractivity contribution in [2.45, 2.75) is 39.5 Å². The molecule has 0 aliphatic carbocycles. The second-order valence-electron chi connectivity index (χ2n) is 2.83. The van der Waals surface area contributed by atoms with Crippen molar-refractivity contribution in [2.75, 3.05) is 13.2 Å². The third-order valence-electron chi connectivity index (χ3n) is 1.46. The second-order valence-corrected chi connectivity index (χ2v) is 2.83. The number of hydrogen-bond acceptors (Lipinski definition) is 2. The largest absolute Gasteiger partial charge is 0.396 e. The first kappa shape index (κ1) is 15.9. The van der Waals surface area contributed by atoms with Crippen LogP contribution in [0.5, 0.6) is 0 Å². The lowest BCUT2D eigenvalue weighted by atomic mass is 10.3. The highest BCUT2D eigenvalue weighted by Crippen LogP contribution is 1.86. The van der Waals surface area contributed by atoms with Gasteiger partial charge in [0.1, 0.15) is 0 Å². The first-order chi connectivity index (χ1) is 6.83. The number of unbranched alkanes of at least 4 members (excludes halogenated alkanes) is 1. The molecular formula is C12H24O2. The van der Waals surface area contributed by atoms with Crippen molar-refractivity contribution in [1.29, 1.82) is 0 Å². The van der Waals surface area contributed by atoms with Crippen LogP contribution in [0.3, 0.4) is 0 Å². The van der Waals surface area contributed by atoms with Gasteiger partial charge >= 0.3 is 0 Å². The van der Waals surface area contributed by atoms with Gasteiger partial charge in [-0.05, 0) is 32.6 Å². The van der Waals surface area contributed by atoms with Crippen molar-refractivity contribution in [3.05, 3.63) is 24.3 Å². The van der Waals surface area contributed by atoms with Crippen molar-refractivity contribution in [1.82, 2.24) is 0 Å². The fourth-order valence-electron chi connectivity index (χ4n) is 0.735. The molecule has 0 aliphatic rings. The second kappa shape index (κ2) is 18.2. The average Bonchev–Trinajstić information content (AvgIpc) is 2.21. The standard InChI is InChI=1S/2C6H12O/c2*1-2-3-4-5-6-7/h3-4,7H,2,5-6H2,1H3;2-3,7H,4-6H2,1H3/b4-3-;3-2-. The summed E-state index contributed by atoms with van der Waals surface area (Å²) < 4.78 is 0. The number of rotatable bonds is 6. The summed E-state index contributed by atoms with van der Waals surface area (Å²) >= 11 is 0. The molecule has 0 saturated carbocycles. The van der Waals surface area contributed by atoms with Gasteiger partial charge in [0.15, 0.2) is 0 Å². The maximum absolute atomic E-state index is 8.26. The predicted molar refractivity (Wildman–Crippen MR) is 62.3 cm³/mol. The Morgan fingerprint density at radius 3 is 2.07 bits per heavy atom. The first-order valence-corrected chi connectivity index (χ1v) is 5.31. The van der Waals surface area contributed by atoms with Crippen molar-refractivity contribution in [2.24, 2.45) is 0 Å². The Balaban J connectivity index is 0. The molecule has 0 amide bonds. The molecule has 14 heavy (non-hydrogen) atoms. The maximum atomic E-state index is 8.26. The normalized spacial score (nSPS) is 10.6. The number of aliphatic hydroxyl groups is 2. The Morgan fingerprint density at radius 1 is 0.929 bits per heavy atom. The third kappa shape index (κ3) is 22.5. The summed E-state index contributed by atoms with van der Waals surface area (Å²) in [5.74, 6) is 0. The Hall–Kier alpha value is -0.600. The van der Waals surface area contributed by atoms with Crippen LogP contribution in [0.25, 0.3) is 0 Å². The molecule has 2 nitrogen and oxygen atoms in total. The Kier molecular flexibility index (Phi) is 20.7. The van der Waals surface area contributed by atoms with Gasteiger partial charge < -0.3 is 10.2 Å². The molecule has 2 N–H and O–H groups in total. The molecule has 0 radical (unpaired) electrons. The van der Waals surface area contributed by atoms with E-state index in [9.17, 15) is 0 Å². The van der Waals surface area contributed by atoms with E-state index in [0.29, 0.717) is 6.61 Å². The maximum Gasteiger partial charge on any atom is 0.0465 e. The van der Waals surface area contributed by atoms with Crippen molar-refractivity contribution < 1.29 is 10.2 Å². The van der Waals surface area contributed by atoms with Gasteiger partial charge in [0.05, 0.1) is 0 Å². The molecule has 0 fully saturated rings. The van der Waals surface area contributed by atoms with E-state index >= 15 is 0 Å². The van der Waals surface area contributed by atoms with E-state index in [1.54, 1.807) is 0 Å². The molecule has 0 aromatic heterocycles. The Labute approximate surface area is 88.0 Å². The molecule has 0 rings (SSSR count). The molecule has 84 valence electrons. The van der Waals surface area contributed by atoms with E-state index in [0.717, 1.165) is 25.7 Å². The predicted octanol–water partition coefficient (Wildman–Crippen LogP) is 2.67. The fraction of sp³-hybridized carbons (Fsp3) is 0.667. The van der Waals surface area contributed by atoms with Crippen molar-refractivity contribution >= 4 is 0 Å². The zero-order valence-electron chi connectivity index (χ0n) is 9.45. The van der Waals surface area contributed by atoms with Crippen molar-refractivity contribution in [3.63, 3.8) is 0 Å². The highest BCUT2D eigenvalue weighted by Gasteiger charge is 1.74. The van der Waals surface area contributed by atoms with Gasteiger partial charge in [-0.3, -0.25) is 0 Å². The van der Waals surface area contributed by atoms with Gasteiger partial charge in [-0.15, -0.1) is 0 Å². The van der Waals surface area contributed by atoms with Gasteiger partial charge in [0.2, 0.25) is 0 Å². The Morgan fingerprint density at radius 2 is 1.64 bits per heavy atom. The molecule has 0 atom stereocenters. The topological polar surface area (TPSA) is 40.5 Å². The summed E-state index contributed by atoms with van der Waals surface area (Å²) in [4.78, 5) is 0. The quantitative estimate of drug-likeness (QED) is 0.511. The molecule has 0 aromatic rings. The zero-order chi connectivity index (χ0) is 11.1. The highest BCUT2D eigenvalue weighted by atomic mass is 16.3.